The van der Waals surface area contributed by atoms with Crippen LogP contribution in [0.1, 0.15) is 31.7 Å². The van der Waals surface area contributed by atoms with Gasteiger partial charge in [0.2, 0.25) is 15.9 Å². The van der Waals surface area contributed by atoms with Gasteiger partial charge < -0.3 is 5.32 Å². The van der Waals surface area contributed by atoms with Crippen LogP contribution in [0.2, 0.25) is 5.02 Å². The minimum atomic E-state index is -3.26. The minimum Gasteiger partial charge on any atom is -0.324 e. The third-order valence-electron chi connectivity index (χ3n) is 3.99. The number of sulfonamides is 1. The Morgan fingerprint density at radius 2 is 2.17 bits per heavy atom. The summed E-state index contributed by atoms with van der Waals surface area (Å²) in [6.45, 7) is 4.51. The molecule has 7 heteroatoms. The lowest BCUT2D eigenvalue weighted by Gasteiger charge is -2.31. The van der Waals surface area contributed by atoms with Crippen molar-refractivity contribution in [3.63, 3.8) is 0 Å². The molecule has 1 saturated heterocycles. The summed E-state index contributed by atoms with van der Waals surface area (Å²) in [6, 6.07) is 5.43. The van der Waals surface area contributed by atoms with Crippen LogP contribution in [0.3, 0.4) is 0 Å². The summed E-state index contributed by atoms with van der Waals surface area (Å²) in [6.07, 6.45) is 1.96. The lowest BCUT2D eigenvalue weighted by molar-refractivity contribution is -0.120. The van der Waals surface area contributed by atoms with E-state index in [1.807, 2.05) is 19.9 Å². The number of nitrogens with one attached hydrogen (secondary N) is 1. The van der Waals surface area contributed by atoms with Gasteiger partial charge in [-0.1, -0.05) is 24.6 Å². The number of anilines is 1. The van der Waals surface area contributed by atoms with Gasteiger partial charge in [-0.25, -0.2) is 12.7 Å². The second-order valence-corrected chi connectivity index (χ2v) is 8.48. The summed E-state index contributed by atoms with van der Waals surface area (Å²) in [5.41, 5.74) is 1.58. The van der Waals surface area contributed by atoms with Crippen molar-refractivity contribution in [2.75, 3.05) is 24.2 Å². The summed E-state index contributed by atoms with van der Waals surface area (Å²) in [7, 11) is -3.26. The highest BCUT2D eigenvalue weighted by Gasteiger charge is 2.31. The number of benzene rings is 1. The van der Waals surface area contributed by atoms with Crippen molar-refractivity contribution in [1.82, 2.24) is 4.31 Å². The van der Waals surface area contributed by atoms with Gasteiger partial charge in [0.1, 0.15) is 0 Å². The summed E-state index contributed by atoms with van der Waals surface area (Å²) in [4.78, 5) is 12.4. The molecule has 1 aliphatic heterocycles. The molecule has 0 unspecified atom stereocenters. The largest absolute Gasteiger partial charge is 0.324 e. The molecule has 1 aromatic carbocycles. The van der Waals surface area contributed by atoms with E-state index in [0.717, 1.165) is 5.56 Å². The summed E-state index contributed by atoms with van der Waals surface area (Å²) in [5, 5.41) is 3.31. The monoisotopic (exact) mass is 358 g/mol. The number of nitrogens with zero attached hydrogens (tertiary/aromatic N) is 1. The second kappa shape index (κ2) is 7.64. The minimum absolute atomic E-state index is 0.130. The SMILES string of the molecule is CCCS(=O)(=O)N1CCC[C@H](C(=O)Nc2ccc(C)cc2Cl)C1. The zero-order valence-corrected chi connectivity index (χ0v) is 15.1. The number of hydrogen-bond acceptors (Lipinski definition) is 3. The van der Waals surface area contributed by atoms with Gasteiger partial charge in [0.05, 0.1) is 22.4 Å². The van der Waals surface area contributed by atoms with Gasteiger partial charge in [0.25, 0.3) is 0 Å². The lowest BCUT2D eigenvalue weighted by atomic mass is 9.98. The molecule has 128 valence electrons. The van der Waals surface area contributed by atoms with E-state index < -0.39 is 10.0 Å². The van der Waals surface area contributed by atoms with Crippen LogP contribution in [-0.4, -0.2) is 37.5 Å². The van der Waals surface area contributed by atoms with Gasteiger partial charge in [-0.3, -0.25) is 4.79 Å². The Bertz CT molecular complexity index is 676. The molecule has 0 spiro atoms. The van der Waals surface area contributed by atoms with Crippen molar-refractivity contribution >= 4 is 33.2 Å². The van der Waals surface area contributed by atoms with E-state index in [9.17, 15) is 13.2 Å². The van der Waals surface area contributed by atoms with Gasteiger partial charge in [-0.05, 0) is 43.9 Å². The van der Waals surface area contributed by atoms with Crippen molar-refractivity contribution in [2.24, 2.45) is 5.92 Å². The molecule has 0 saturated carbocycles. The Morgan fingerprint density at radius 1 is 1.43 bits per heavy atom. The highest BCUT2D eigenvalue weighted by molar-refractivity contribution is 7.89. The molecule has 5 nitrogen and oxygen atoms in total. The van der Waals surface area contributed by atoms with Gasteiger partial charge in [0, 0.05) is 13.1 Å². The van der Waals surface area contributed by atoms with Crippen LogP contribution in [0.15, 0.2) is 18.2 Å². The first-order valence-corrected chi connectivity index (χ1v) is 9.87. The molecule has 0 bridgehead atoms. The Hall–Kier alpha value is -1.11. The molecule has 2 rings (SSSR count). The van der Waals surface area contributed by atoms with Crippen LogP contribution in [-0.2, 0) is 14.8 Å². The third-order valence-corrected chi connectivity index (χ3v) is 6.35. The maximum absolute atomic E-state index is 12.4. The first-order valence-electron chi connectivity index (χ1n) is 7.88. The molecule has 0 aromatic heterocycles. The maximum atomic E-state index is 12.4. The van der Waals surface area contributed by atoms with E-state index in [-0.39, 0.29) is 24.1 Å². The van der Waals surface area contributed by atoms with Gasteiger partial charge >= 0.3 is 0 Å². The molecule has 23 heavy (non-hydrogen) atoms. The Labute approximate surface area is 143 Å². The van der Waals surface area contributed by atoms with Crippen molar-refractivity contribution in [2.45, 2.75) is 33.1 Å². The predicted octanol–water partition coefficient (Wildman–Crippen LogP) is 3.04. The molecular weight excluding hydrogens is 336 g/mol. The average Bonchev–Trinajstić information content (AvgIpc) is 2.50. The standard InChI is InChI=1S/C16H23ClN2O3S/c1-3-9-23(21,22)19-8-4-5-13(11-19)16(20)18-15-7-6-12(2)10-14(15)17/h6-7,10,13H,3-5,8-9,11H2,1-2H3,(H,18,20)/t13-/m0/s1. The van der Waals surface area contributed by atoms with E-state index in [1.165, 1.54) is 4.31 Å². The number of aryl methyl sites for hydroxylation is 1. The highest BCUT2D eigenvalue weighted by Crippen LogP contribution is 2.25. The van der Waals surface area contributed by atoms with Crippen molar-refractivity contribution in [3.8, 4) is 0 Å². The number of amides is 1. The van der Waals surface area contributed by atoms with Crippen molar-refractivity contribution in [3.05, 3.63) is 28.8 Å². The average molecular weight is 359 g/mol. The number of carbonyl (C=O) groups is 1. The van der Waals surface area contributed by atoms with Crippen LogP contribution in [0.4, 0.5) is 5.69 Å². The molecule has 1 heterocycles. The number of carbonyl (C=O) groups excluding carboxylic acids is 1. The molecule has 1 N–H and O–H groups in total. The molecule has 1 aliphatic rings. The Balaban J connectivity index is 2.05. The highest BCUT2D eigenvalue weighted by atomic mass is 35.5. The quantitative estimate of drug-likeness (QED) is 0.879. The fourth-order valence-corrected chi connectivity index (χ4v) is 4.62. The smallest absolute Gasteiger partial charge is 0.228 e. The summed E-state index contributed by atoms with van der Waals surface area (Å²) < 4.78 is 25.8. The maximum Gasteiger partial charge on any atom is 0.228 e. The van der Waals surface area contributed by atoms with Crippen LogP contribution >= 0.6 is 11.6 Å². The van der Waals surface area contributed by atoms with E-state index in [1.54, 1.807) is 12.1 Å². The Kier molecular flexibility index (Phi) is 6.06. The molecule has 0 aliphatic carbocycles. The van der Waals surface area contributed by atoms with E-state index in [2.05, 4.69) is 5.32 Å². The van der Waals surface area contributed by atoms with Gasteiger partial charge in [-0.15, -0.1) is 0 Å². The number of piperidine rings is 1. The van der Waals surface area contributed by atoms with Crippen LogP contribution < -0.4 is 5.32 Å². The lowest BCUT2D eigenvalue weighted by Crippen LogP contribution is -2.44. The van der Waals surface area contributed by atoms with E-state index >= 15 is 0 Å². The normalized spacial score (nSPS) is 19.5. The summed E-state index contributed by atoms with van der Waals surface area (Å²) >= 11 is 6.13. The van der Waals surface area contributed by atoms with E-state index in [4.69, 9.17) is 11.6 Å². The van der Waals surface area contributed by atoms with Crippen molar-refractivity contribution < 1.29 is 13.2 Å². The van der Waals surface area contributed by atoms with Crippen molar-refractivity contribution in [1.29, 1.82) is 0 Å². The number of rotatable bonds is 5. The predicted molar refractivity (Wildman–Crippen MR) is 93.2 cm³/mol. The third kappa shape index (κ3) is 4.68. The van der Waals surface area contributed by atoms with Crippen LogP contribution in [0, 0.1) is 12.8 Å². The fourth-order valence-electron chi connectivity index (χ4n) is 2.75. The number of halogens is 1. The van der Waals surface area contributed by atoms with Crippen LogP contribution in [0.25, 0.3) is 0 Å². The van der Waals surface area contributed by atoms with Crippen LogP contribution in [0.5, 0.6) is 0 Å². The first kappa shape index (κ1) is 18.2. The molecule has 1 atom stereocenters. The Morgan fingerprint density at radius 3 is 2.83 bits per heavy atom. The molecule has 0 radical (unpaired) electrons. The summed E-state index contributed by atoms with van der Waals surface area (Å²) in [5.74, 6) is -0.384. The second-order valence-electron chi connectivity index (χ2n) is 5.99. The van der Waals surface area contributed by atoms with E-state index in [0.29, 0.717) is 36.5 Å². The first-order chi connectivity index (χ1) is 10.8. The van der Waals surface area contributed by atoms with Gasteiger partial charge in [0.15, 0.2) is 0 Å². The molecule has 1 aromatic rings. The topological polar surface area (TPSA) is 66.5 Å². The zero-order chi connectivity index (χ0) is 17.0. The molecule has 1 fully saturated rings. The zero-order valence-electron chi connectivity index (χ0n) is 13.5. The molecule has 1 amide bonds. The fraction of sp³-hybridized carbons (Fsp3) is 0.562. The number of hydrogen-bond donors (Lipinski definition) is 1. The molecular formula is C16H23ClN2O3S. The van der Waals surface area contributed by atoms with Gasteiger partial charge in [-0.2, -0.15) is 0 Å².